The molecular formula is C6H8Cl2N4O. The molecule has 7 heteroatoms. The Morgan fingerprint density at radius 2 is 1.85 bits per heavy atom. The van der Waals surface area contributed by atoms with Gasteiger partial charge in [0.05, 0.1) is 6.61 Å². The smallest absolute Gasteiger partial charge is 0.228 e. The minimum Gasteiger partial charge on any atom is -0.394 e. The molecule has 1 aromatic heterocycles. The standard InChI is InChI=1S/C6H8Cl2N4O/c1-3(2-13)9-6-11-4(7)10-5(8)12-6/h3,13H,2H2,1H3,(H,9,10,11,12). The summed E-state index contributed by atoms with van der Waals surface area (Å²) in [6, 6.07) is -0.158. The van der Waals surface area contributed by atoms with Crippen LogP contribution >= 0.6 is 23.2 Å². The lowest BCUT2D eigenvalue weighted by Crippen LogP contribution is -2.21. The van der Waals surface area contributed by atoms with Crippen LogP contribution in [0.4, 0.5) is 5.95 Å². The van der Waals surface area contributed by atoms with Crippen molar-refractivity contribution in [3.8, 4) is 0 Å². The summed E-state index contributed by atoms with van der Waals surface area (Å²) in [5, 5.41) is 11.6. The van der Waals surface area contributed by atoms with Crippen LogP contribution in [0.25, 0.3) is 0 Å². The van der Waals surface area contributed by atoms with Crippen LogP contribution in [0, 0.1) is 0 Å². The summed E-state index contributed by atoms with van der Waals surface area (Å²) < 4.78 is 0. The fourth-order valence-electron chi connectivity index (χ4n) is 0.656. The molecule has 0 radical (unpaired) electrons. The van der Waals surface area contributed by atoms with E-state index in [0.717, 1.165) is 0 Å². The zero-order valence-electron chi connectivity index (χ0n) is 6.83. The molecule has 0 spiro atoms. The van der Waals surface area contributed by atoms with Crippen LogP contribution in [0.2, 0.25) is 10.6 Å². The highest BCUT2D eigenvalue weighted by Crippen LogP contribution is 2.09. The van der Waals surface area contributed by atoms with Gasteiger partial charge in [0.2, 0.25) is 16.5 Å². The van der Waals surface area contributed by atoms with Gasteiger partial charge >= 0.3 is 0 Å². The van der Waals surface area contributed by atoms with Crippen molar-refractivity contribution in [1.29, 1.82) is 0 Å². The van der Waals surface area contributed by atoms with Crippen LogP contribution in [0.5, 0.6) is 0 Å². The molecule has 2 N–H and O–H groups in total. The van der Waals surface area contributed by atoms with E-state index in [-0.39, 0.29) is 29.2 Å². The number of aliphatic hydroxyl groups is 1. The molecule has 0 amide bonds. The van der Waals surface area contributed by atoms with Crippen molar-refractivity contribution in [2.75, 3.05) is 11.9 Å². The van der Waals surface area contributed by atoms with E-state index in [1.54, 1.807) is 6.92 Å². The summed E-state index contributed by atoms with van der Waals surface area (Å²) in [6.07, 6.45) is 0. The first-order valence-corrected chi connectivity index (χ1v) is 4.32. The SMILES string of the molecule is CC(CO)Nc1nc(Cl)nc(Cl)n1. The van der Waals surface area contributed by atoms with Crippen LogP contribution in [0.1, 0.15) is 6.92 Å². The first kappa shape index (κ1) is 10.4. The molecule has 0 aromatic carbocycles. The van der Waals surface area contributed by atoms with Crippen molar-refractivity contribution < 1.29 is 5.11 Å². The van der Waals surface area contributed by atoms with Gasteiger partial charge in [-0.1, -0.05) is 0 Å². The number of nitrogens with zero attached hydrogens (tertiary/aromatic N) is 3. The van der Waals surface area contributed by atoms with Crippen LogP contribution in [0.3, 0.4) is 0 Å². The highest BCUT2D eigenvalue weighted by Gasteiger charge is 2.05. The van der Waals surface area contributed by atoms with Gasteiger partial charge in [0, 0.05) is 6.04 Å². The lowest BCUT2D eigenvalue weighted by Gasteiger charge is -2.09. The third-order valence-corrected chi connectivity index (χ3v) is 1.57. The molecule has 0 aliphatic carbocycles. The van der Waals surface area contributed by atoms with Crippen molar-refractivity contribution in [2.45, 2.75) is 13.0 Å². The second-order valence-corrected chi connectivity index (χ2v) is 3.10. The number of anilines is 1. The first-order chi connectivity index (χ1) is 6.11. The van der Waals surface area contributed by atoms with E-state index in [0.29, 0.717) is 0 Å². The molecule has 1 unspecified atom stereocenters. The molecule has 0 saturated heterocycles. The fraction of sp³-hybridized carbons (Fsp3) is 0.500. The molecule has 0 saturated carbocycles. The van der Waals surface area contributed by atoms with E-state index in [4.69, 9.17) is 28.3 Å². The maximum Gasteiger partial charge on any atom is 0.228 e. The molecule has 5 nitrogen and oxygen atoms in total. The summed E-state index contributed by atoms with van der Waals surface area (Å²) in [6.45, 7) is 1.74. The van der Waals surface area contributed by atoms with Gasteiger partial charge in [0.25, 0.3) is 0 Å². The van der Waals surface area contributed by atoms with Crippen molar-refractivity contribution in [3.05, 3.63) is 10.6 Å². The average molecular weight is 223 g/mol. The summed E-state index contributed by atoms with van der Waals surface area (Å²) >= 11 is 11.1. The quantitative estimate of drug-likeness (QED) is 0.798. The van der Waals surface area contributed by atoms with Crippen molar-refractivity contribution in [1.82, 2.24) is 15.0 Å². The third-order valence-electron chi connectivity index (χ3n) is 1.23. The number of rotatable bonds is 3. The lowest BCUT2D eigenvalue weighted by atomic mass is 10.4. The predicted molar refractivity (Wildman–Crippen MR) is 50.0 cm³/mol. The number of aliphatic hydroxyl groups excluding tert-OH is 1. The van der Waals surface area contributed by atoms with Gasteiger partial charge < -0.3 is 10.4 Å². The summed E-state index contributed by atoms with van der Waals surface area (Å²) in [4.78, 5) is 11.1. The molecule has 0 fully saturated rings. The molecule has 0 bridgehead atoms. The number of halogens is 2. The van der Waals surface area contributed by atoms with E-state index in [2.05, 4.69) is 20.3 Å². The number of aromatic nitrogens is 3. The summed E-state index contributed by atoms with van der Waals surface area (Å²) in [5.74, 6) is 0.256. The van der Waals surface area contributed by atoms with Gasteiger partial charge in [-0.25, -0.2) is 0 Å². The van der Waals surface area contributed by atoms with Gasteiger partial charge in [-0.15, -0.1) is 0 Å². The Morgan fingerprint density at radius 1 is 1.31 bits per heavy atom. The highest BCUT2D eigenvalue weighted by molar-refractivity contribution is 6.31. The van der Waals surface area contributed by atoms with Crippen LogP contribution in [0.15, 0.2) is 0 Å². The van der Waals surface area contributed by atoms with E-state index >= 15 is 0 Å². The van der Waals surface area contributed by atoms with E-state index in [9.17, 15) is 0 Å². The number of hydrogen-bond acceptors (Lipinski definition) is 5. The van der Waals surface area contributed by atoms with Crippen molar-refractivity contribution in [3.63, 3.8) is 0 Å². The Kier molecular flexibility index (Phi) is 3.65. The first-order valence-electron chi connectivity index (χ1n) is 3.56. The second kappa shape index (κ2) is 4.55. The van der Waals surface area contributed by atoms with Crippen LogP contribution in [-0.4, -0.2) is 32.7 Å². The molecule has 1 heterocycles. The van der Waals surface area contributed by atoms with E-state index in [1.165, 1.54) is 0 Å². The summed E-state index contributed by atoms with van der Waals surface area (Å²) in [7, 11) is 0. The predicted octanol–water partition coefficient (Wildman–Crippen LogP) is 0.971. The Hall–Kier alpha value is -0.650. The van der Waals surface area contributed by atoms with Crippen molar-refractivity contribution in [2.24, 2.45) is 0 Å². The Bertz CT molecular complexity index is 276. The Balaban J connectivity index is 2.77. The molecule has 0 aliphatic heterocycles. The van der Waals surface area contributed by atoms with Crippen LogP contribution < -0.4 is 5.32 Å². The molecule has 0 aliphatic rings. The van der Waals surface area contributed by atoms with Crippen molar-refractivity contribution >= 4 is 29.2 Å². The number of nitrogens with one attached hydrogen (secondary N) is 1. The Labute approximate surface area is 85.1 Å². The molecular weight excluding hydrogens is 215 g/mol. The minimum absolute atomic E-state index is 0.0210. The van der Waals surface area contributed by atoms with E-state index in [1.807, 2.05) is 0 Å². The zero-order valence-corrected chi connectivity index (χ0v) is 8.34. The van der Waals surface area contributed by atoms with E-state index < -0.39 is 0 Å². The molecule has 1 atom stereocenters. The molecule has 1 aromatic rings. The van der Waals surface area contributed by atoms with Gasteiger partial charge in [0.15, 0.2) is 0 Å². The normalized spacial score (nSPS) is 12.6. The molecule has 13 heavy (non-hydrogen) atoms. The fourth-order valence-corrected chi connectivity index (χ4v) is 1.02. The topological polar surface area (TPSA) is 70.9 Å². The average Bonchev–Trinajstić information content (AvgIpc) is 2.02. The van der Waals surface area contributed by atoms with Crippen LogP contribution in [-0.2, 0) is 0 Å². The molecule has 72 valence electrons. The second-order valence-electron chi connectivity index (χ2n) is 2.43. The van der Waals surface area contributed by atoms with Gasteiger partial charge in [-0.2, -0.15) is 15.0 Å². The van der Waals surface area contributed by atoms with Gasteiger partial charge in [-0.3, -0.25) is 0 Å². The monoisotopic (exact) mass is 222 g/mol. The zero-order chi connectivity index (χ0) is 9.84. The minimum atomic E-state index is -0.158. The number of hydrogen-bond donors (Lipinski definition) is 2. The lowest BCUT2D eigenvalue weighted by molar-refractivity contribution is 0.281. The maximum atomic E-state index is 8.74. The Morgan fingerprint density at radius 3 is 2.31 bits per heavy atom. The molecule has 1 rings (SSSR count). The van der Waals surface area contributed by atoms with Gasteiger partial charge in [0.1, 0.15) is 0 Å². The third kappa shape index (κ3) is 3.30. The largest absolute Gasteiger partial charge is 0.394 e. The summed E-state index contributed by atoms with van der Waals surface area (Å²) in [5.41, 5.74) is 0. The maximum absolute atomic E-state index is 8.74. The highest BCUT2D eigenvalue weighted by atomic mass is 35.5. The van der Waals surface area contributed by atoms with Gasteiger partial charge in [-0.05, 0) is 30.1 Å².